The first kappa shape index (κ1) is 15.9. The van der Waals surface area contributed by atoms with E-state index in [9.17, 15) is 5.11 Å². The lowest BCUT2D eigenvalue weighted by atomic mass is 10.1. The van der Waals surface area contributed by atoms with Crippen molar-refractivity contribution in [2.45, 2.75) is 40.2 Å². The van der Waals surface area contributed by atoms with E-state index in [1.807, 2.05) is 19.1 Å². The SMILES string of the molecule is CCCc1cc(CO)cc(N(CC)CCOCC)n1. The minimum Gasteiger partial charge on any atom is -0.392 e. The minimum atomic E-state index is 0.0647. The van der Waals surface area contributed by atoms with Crippen LogP contribution in [0.15, 0.2) is 12.1 Å². The van der Waals surface area contributed by atoms with Crippen LogP contribution >= 0.6 is 0 Å². The van der Waals surface area contributed by atoms with Crippen LogP contribution in [0.5, 0.6) is 0 Å². The zero-order valence-corrected chi connectivity index (χ0v) is 12.4. The van der Waals surface area contributed by atoms with Crippen molar-refractivity contribution in [1.29, 1.82) is 0 Å². The number of aliphatic hydroxyl groups is 1. The summed E-state index contributed by atoms with van der Waals surface area (Å²) in [6.45, 7) is 9.48. The van der Waals surface area contributed by atoms with Gasteiger partial charge in [0.2, 0.25) is 0 Å². The molecular weight excluding hydrogens is 240 g/mol. The normalized spacial score (nSPS) is 10.7. The number of nitrogens with zero attached hydrogens (tertiary/aromatic N) is 2. The second-order valence-electron chi connectivity index (χ2n) is 4.51. The molecule has 0 aliphatic carbocycles. The highest BCUT2D eigenvalue weighted by molar-refractivity contribution is 5.42. The van der Waals surface area contributed by atoms with Gasteiger partial charge in [0.05, 0.1) is 13.2 Å². The van der Waals surface area contributed by atoms with E-state index in [4.69, 9.17) is 4.74 Å². The third kappa shape index (κ3) is 5.17. The summed E-state index contributed by atoms with van der Waals surface area (Å²) in [5.41, 5.74) is 1.99. The molecule has 0 aliphatic rings. The Hall–Kier alpha value is -1.13. The lowest BCUT2D eigenvalue weighted by molar-refractivity contribution is 0.154. The second-order valence-corrected chi connectivity index (χ2v) is 4.51. The van der Waals surface area contributed by atoms with Crippen molar-refractivity contribution in [3.63, 3.8) is 0 Å². The van der Waals surface area contributed by atoms with Gasteiger partial charge in [-0.05, 0) is 38.0 Å². The van der Waals surface area contributed by atoms with E-state index >= 15 is 0 Å². The van der Waals surface area contributed by atoms with Gasteiger partial charge in [0.15, 0.2) is 0 Å². The molecule has 1 rings (SSSR count). The Morgan fingerprint density at radius 1 is 1.26 bits per heavy atom. The van der Waals surface area contributed by atoms with E-state index in [1.54, 1.807) is 0 Å². The molecule has 0 saturated carbocycles. The number of likely N-dealkylation sites (N-methyl/N-ethyl adjacent to an activating group) is 1. The molecule has 0 aromatic carbocycles. The molecule has 4 heteroatoms. The zero-order chi connectivity index (χ0) is 14.1. The van der Waals surface area contributed by atoms with Crippen LogP contribution in [0.25, 0.3) is 0 Å². The molecule has 0 bridgehead atoms. The Morgan fingerprint density at radius 2 is 2.05 bits per heavy atom. The predicted octanol–water partition coefficient (Wildman–Crippen LogP) is 2.39. The quantitative estimate of drug-likeness (QED) is 0.697. The van der Waals surface area contributed by atoms with E-state index in [1.165, 1.54) is 0 Å². The van der Waals surface area contributed by atoms with Gasteiger partial charge in [-0.1, -0.05) is 13.3 Å². The van der Waals surface area contributed by atoms with E-state index < -0.39 is 0 Å². The Morgan fingerprint density at radius 3 is 2.63 bits per heavy atom. The summed E-state index contributed by atoms with van der Waals surface area (Å²) >= 11 is 0. The maximum atomic E-state index is 9.35. The van der Waals surface area contributed by atoms with Crippen LogP contribution in [0, 0.1) is 0 Å². The van der Waals surface area contributed by atoms with Gasteiger partial charge in [-0.25, -0.2) is 4.98 Å². The third-order valence-corrected chi connectivity index (χ3v) is 3.03. The standard InChI is InChI=1S/C15H26N2O2/c1-4-7-14-10-13(12-18)11-15(16-14)17(5-2)8-9-19-6-3/h10-11,18H,4-9,12H2,1-3H3. The summed E-state index contributed by atoms with van der Waals surface area (Å²) in [6, 6.07) is 3.96. The van der Waals surface area contributed by atoms with Gasteiger partial charge >= 0.3 is 0 Å². The van der Waals surface area contributed by atoms with Gasteiger partial charge in [0.1, 0.15) is 5.82 Å². The number of hydrogen-bond acceptors (Lipinski definition) is 4. The fourth-order valence-corrected chi connectivity index (χ4v) is 2.02. The average Bonchev–Trinajstić information content (AvgIpc) is 2.43. The topological polar surface area (TPSA) is 45.6 Å². The molecule has 108 valence electrons. The number of rotatable bonds is 9. The Balaban J connectivity index is 2.84. The van der Waals surface area contributed by atoms with Crippen LogP contribution in [-0.2, 0) is 17.8 Å². The van der Waals surface area contributed by atoms with Gasteiger partial charge in [-0.2, -0.15) is 0 Å². The molecule has 0 unspecified atom stereocenters. The number of aryl methyl sites for hydroxylation is 1. The molecule has 1 heterocycles. The summed E-state index contributed by atoms with van der Waals surface area (Å²) in [5.74, 6) is 0.942. The molecular formula is C15H26N2O2. The van der Waals surface area contributed by atoms with Gasteiger partial charge in [-0.3, -0.25) is 0 Å². The smallest absolute Gasteiger partial charge is 0.129 e. The highest BCUT2D eigenvalue weighted by Gasteiger charge is 2.09. The molecule has 1 aromatic heterocycles. The highest BCUT2D eigenvalue weighted by Crippen LogP contribution is 2.16. The molecule has 0 spiro atoms. The monoisotopic (exact) mass is 266 g/mol. The minimum absolute atomic E-state index is 0.0647. The largest absolute Gasteiger partial charge is 0.392 e. The van der Waals surface area contributed by atoms with Crippen LogP contribution in [0.1, 0.15) is 38.4 Å². The molecule has 19 heavy (non-hydrogen) atoms. The highest BCUT2D eigenvalue weighted by atomic mass is 16.5. The first-order valence-corrected chi connectivity index (χ1v) is 7.18. The maximum Gasteiger partial charge on any atom is 0.129 e. The summed E-state index contributed by atoms with van der Waals surface area (Å²) in [6.07, 6.45) is 2.01. The van der Waals surface area contributed by atoms with Gasteiger partial charge < -0.3 is 14.7 Å². The first-order chi connectivity index (χ1) is 9.24. The molecule has 0 radical (unpaired) electrons. The number of aliphatic hydroxyl groups excluding tert-OH is 1. The van der Waals surface area contributed by atoms with Crippen molar-refractivity contribution in [1.82, 2.24) is 4.98 Å². The van der Waals surface area contributed by atoms with Crippen LogP contribution in [-0.4, -0.2) is 36.4 Å². The fraction of sp³-hybridized carbons (Fsp3) is 0.667. The van der Waals surface area contributed by atoms with Gasteiger partial charge in [0.25, 0.3) is 0 Å². The van der Waals surface area contributed by atoms with Gasteiger partial charge in [0, 0.05) is 25.4 Å². The summed E-state index contributed by atoms with van der Waals surface area (Å²) < 4.78 is 5.40. The van der Waals surface area contributed by atoms with Crippen molar-refractivity contribution in [3.05, 3.63) is 23.4 Å². The van der Waals surface area contributed by atoms with Crippen LogP contribution in [0.3, 0.4) is 0 Å². The predicted molar refractivity (Wildman–Crippen MR) is 78.5 cm³/mol. The second kappa shape index (κ2) is 8.88. The van der Waals surface area contributed by atoms with Crippen LogP contribution < -0.4 is 4.90 Å². The Bertz CT molecular complexity index is 369. The number of ether oxygens (including phenoxy) is 1. The van der Waals surface area contributed by atoms with Crippen molar-refractivity contribution in [2.24, 2.45) is 0 Å². The molecule has 0 amide bonds. The number of anilines is 1. The van der Waals surface area contributed by atoms with E-state index in [2.05, 4.69) is 23.7 Å². The molecule has 0 fully saturated rings. The van der Waals surface area contributed by atoms with E-state index in [0.717, 1.165) is 49.6 Å². The number of aromatic nitrogens is 1. The maximum absolute atomic E-state index is 9.35. The summed E-state index contributed by atoms with van der Waals surface area (Å²) in [4.78, 5) is 6.87. The van der Waals surface area contributed by atoms with Crippen molar-refractivity contribution in [3.8, 4) is 0 Å². The Labute approximate surface area is 116 Å². The molecule has 0 aliphatic heterocycles. The van der Waals surface area contributed by atoms with E-state index in [-0.39, 0.29) is 6.61 Å². The summed E-state index contributed by atoms with van der Waals surface area (Å²) in [5, 5.41) is 9.35. The lowest BCUT2D eigenvalue weighted by Gasteiger charge is -2.23. The fourth-order valence-electron chi connectivity index (χ4n) is 2.02. The lowest BCUT2D eigenvalue weighted by Crippen LogP contribution is -2.28. The van der Waals surface area contributed by atoms with Crippen LogP contribution in [0.2, 0.25) is 0 Å². The van der Waals surface area contributed by atoms with Crippen molar-refractivity contribution >= 4 is 5.82 Å². The molecule has 0 saturated heterocycles. The molecule has 4 nitrogen and oxygen atoms in total. The van der Waals surface area contributed by atoms with Gasteiger partial charge in [-0.15, -0.1) is 0 Å². The first-order valence-electron chi connectivity index (χ1n) is 7.18. The third-order valence-electron chi connectivity index (χ3n) is 3.03. The average molecular weight is 266 g/mol. The van der Waals surface area contributed by atoms with Crippen molar-refractivity contribution < 1.29 is 9.84 Å². The van der Waals surface area contributed by atoms with Crippen LogP contribution in [0.4, 0.5) is 5.82 Å². The van der Waals surface area contributed by atoms with E-state index in [0.29, 0.717) is 6.61 Å². The zero-order valence-electron chi connectivity index (χ0n) is 12.4. The number of pyridine rings is 1. The molecule has 0 atom stereocenters. The summed E-state index contributed by atoms with van der Waals surface area (Å²) in [7, 11) is 0. The number of hydrogen-bond donors (Lipinski definition) is 1. The molecule has 1 aromatic rings. The Kier molecular flexibility index (Phi) is 7.45. The molecule has 1 N–H and O–H groups in total. The van der Waals surface area contributed by atoms with Crippen molar-refractivity contribution in [2.75, 3.05) is 31.2 Å².